The number of amides is 1. The largest absolute Gasteiger partial charge is 0.496 e. The van der Waals surface area contributed by atoms with Crippen molar-refractivity contribution in [1.82, 2.24) is 5.32 Å². The zero-order valence-electron chi connectivity index (χ0n) is 12.2. The second kappa shape index (κ2) is 7.14. The fourth-order valence-electron chi connectivity index (χ4n) is 2.21. The monoisotopic (exact) mass is 264 g/mol. The number of nitrogens with one attached hydrogen (secondary N) is 1. The first-order valence-corrected chi connectivity index (χ1v) is 6.61. The lowest BCUT2D eigenvalue weighted by Crippen LogP contribution is -2.30. The molecule has 0 radical (unpaired) electrons. The quantitative estimate of drug-likeness (QED) is 0.825. The summed E-state index contributed by atoms with van der Waals surface area (Å²) < 4.78 is 5.33. The lowest BCUT2D eigenvalue weighted by molar-refractivity contribution is -0.124. The Kier molecular flexibility index (Phi) is 5.83. The molecule has 0 bridgehead atoms. The van der Waals surface area contributed by atoms with E-state index in [9.17, 15) is 4.79 Å². The van der Waals surface area contributed by atoms with Crippen molar-refractivity contribution < 1.29 is 9.53 Å². The molecule has 1 atom stereocenters. The van der Waals surface area contributed by atoms with Crippen molar-refractivity contribution in [3.8, 4) is 5.75 Å². The summed E-state index contributed by atoms with van der Waals surface area (Å²) in [6, 6.07) is 4.08. The number of benzene rings is 1. The van der Waals surface area contributed by atoms with Gasteiger partial charge in [0.2, 0.25) is 5.91 Å². The molecule has 1 amide bonds. The average molecular weight is 264 g/mol. The minimum Gasteiger partial charge on any atom is -0.496 e. The van der Waals surface area contributed by atoms with Crippen LogP contribution < -0.4 is 15.8 Å². The molecule has 1 aromatic rings. The molecule has 0 aliphatic heterocycles. The van der Waals surface area contributed by atoms with Gasteiger partial charge >= 0.3 is 0 Å². The first kappa shape index (κ1) is 15.5. The number of carbonyl (C=O) groups is 1. The van der Waals surface area contributed by atoms with Crippen LogP contribution in [0.4, 0.5) is 0 Å². The molecular formula is C15H24N2O2. The molecule has 0 aliphatic rings. The van der Waals surface area contributed by atoms with E-state index in [0.717, 1.165) is 22.4 Å². The van der Waals surface area contributed by atoms with Gasteiger partial charge in [-0.1, -0.05) is 19.1 Å². The van der Waals surface area contributed by atoms with Gasteiger partial charge in [0.05, 0.1) is 7.11 Å². The molecule has 106 valence electrons. The molecular weight excluding hydrogens is 240 g/mol. The second-order valence-corrected chi connectivity index (χ2v) is 4.96. The van der Waals surface area contributed by atoms with E-state index in [4.69, 9.17) is 10.5 Å². The van der Waals surface area contributed by atoms with Crippen molar-refractivity contribution in [1.29, 1.82) is 0 Å². The van der Waals surface area contributed by atoms with Gasteiger partial charge in [-0.25, -0.2) is 0 Å². The molecule has 0 saturated carbocycles. The number of rotatable bonds is 6. The molecule has 0 saturated heterocycles. The number of hydrogen-bond acceptors (Lipinski definition) is 3. The van der Waals surface area contributed by atoms with E-state index >= 15 is 0 Å². The van der Waals surface area contributed by atoms with E-state index in [2.05, 4.69) is 5.32 Å². The summed E-state index contributed by atoms with van der Waals surface area (Å²) in [6.07, 6.45) is 0.715. The topological polar surface area (TPSA) is 64.3 Å². The highest BCUT2D eigenvalue weighted by atomic mass is 16.5. The van der Waals surface area contributed by atoms with Crippen molar-refractivity contribution in [3.63, 3.8) is 0 Å². The Morgan fingerprint density at radius 3 is 2.42 bits per heavy atom. The van der Waals surface area contributed by atoms with E-state index < -0.39 is 0 Å². The van der Waals surface area contributed by atoms with Crippen molar-refractivity contribution >= 4 is 5.91 Å². The van der Waals surface area contributed by atoms with E-state index in [1.165, 1.54) is 0 Å². The number of nitrogens with two attached hydrogens (primary N) is 1. The summed E-state index contributed by atoms with van der Waals surface area (Å²) >= 11 is 0. The highest BCUT2D eigenvalue weighted by molar-refractivity contribution is 5.78. The van der Waals surface area contributed by atoms with Crippen LogP contribution in [0.25, 0.3) is 0 Å². The molecule has 1 rings (SSSR count). The molecule has 0 heterocycles. The number of hydrogen-bond donors (Lipinski definition) is 2. The number of ether oxygens (including phenoxy) is 1. The first-order valence-electron chi connectivity index (χ1n) is 6.61. The van der Waals surface area contributed by atoms with Crippen molar-refractivity contribution in [2.45, 2.75) is 33.7 Å². The van der Waals surface area contributed by atoms with Crippen LogP contribution in [0.3, 0.4) is 0 Å². The normalized spacial score (nSPS) is 12.1. The Morgan fingerprint density at radius 2 is 1.95 bits per heavy atom. The third-order valence-electron chi connectivity index (χ3n) is 3.24. The van der Waals surface area contributed by atoms with Crippen molar-refractivity contribution in [3.05, 3.63) is 28.8 Å². The van der Waals surface area contributed by atoms with Crippen LogP contribution in [0.2, 0.25) is 0 Å². The van der Waals surface area contributed by atoms with Crippen LogP contribution in [-0.2, 0) is 11.3 Å². The van der Waals surface area contributed by atoms with E-state index in [-0.39, 0.29) is 11.8 Å². The number of carbonyl (C=O) groups excluding carboxylic acids is 1. The van der Waals surface area contributed by atoms with Crippen LogP contribution in [0, 0.1) is 19.8 Å². The smallest absolute Gasteiger partial charge is 0.223 e. The predicted octanol–water partition coefficient (Wildman–Crippen LogP) is 1.91. The maximum absolute atomic E-state index is 11.8. The lowest BCUT2D eigenvalue weighted by atomic mass is 10.0. The van der Waals surface area contributed by atoms with Gasteiger partial charge in [0.15, 0.2) is 0 Å². The maximum Gasteiger partial charge on any atom is 0.223 e. The van der Waals surface area contributed by atoms with Gasteiger partial charge in [-0.15, -0.1) is 0 Å². The molecule has 0 fully saturated rings. The Morgan fingerprint density at radius 1 is 1.37 bits per heavy atom. The molecule has 19 heavy (non-hydrogen) atoms. The van der Waals surface area contributed by atoms with Crippen LogP contribution in [0.15, 0.2) is 12.1 Å². The zero-order chi connectivity index (χ0) is 14.4. The minimum absolute atomic E-state index is 0.0366. The Balaban J connectivity index is 2.66. The van der Waals surface area contributed by atoms with Gasteiger partial charge in [0, 0.05) is 12.5 Å². The summed E-state index contributed by atoms with van der Waals surface area (Å²) in [6.45, 7) is 6.99. The van der Waals surface area contributed by atoms with Crippen molar-refractivity contribution in [2.75, 3.05) is 13.7 Å². The van der Waals surface area contributed by atoms with Crippen LogP contribution in [0.5, 0.6) is 5.75 Å². The molecule has 3 N–H and O–H groups in total. The number of methoxy groups -OCH3 is 1. The maximum atomic E-state index is 11.8. The van der Waals surface area contributed by atoms with E-state index in [1.807, 2.05) is 32.9 Å². The van der Waals surface area contributed by atoms with Gasteiger partial charge < -0.3 is 15.8 Å². The van der Waals surface area contributed by atoms with Gasteiger partial charge in [-0.05, 0) is 43.5 Å². The third kappa shape index (κ3) is 4.24. The highest BCUT2D eigenvalue weighted by Crippen LogP contribution is 2.24. The van der Waals surface area contributed by atoms with E-state index in [0.29, 0.717) is 19.5 Å². The molecule has 1 unspecified atom stereocenters. The Hall–Kier alpha value is -1.55. The summed E-state index contributed by atoms with van der Waals surface area (Å²) in [5.41, 5.74) is 8.71. The molecule has 0 aliphatic carbocycles. The minimum atomic E-state index is -0.0366. The summed E-state index contributed by atoms with van der Waals surface area (Å²) in [5.74, 6) is 0.925. The molecule has 1 aromatic carbocycles. The SMILES string of the molecule is COc1c(C)cc(CNC(=O)C(C)CCN)cc1C. The van der Waals surface area contributed by atoms with Crippen LogP contribution in [-0.4, -0.2) is 19.6 Å². The fraction of sp³-hybridized carbons (Fsp3) is 0.533. The molecule has 0 spiro atoms. The van der Waals surface area contributed by atoms with Gasteiger partial charge in [-0.2, -0.15) is 0 Å². The molecule has 4 heteroatoms. The van der Waals surface area contributed by atoms with E-state index in [1.54, 1.807) is 7.11 Å². The highest BCUT2D eigenvalue weighted by Gasteiger charge is 2.12. The van der Waals surface area contributed by atoms with Crippen LogP contribution in [0.1, 0.15) is 30.0 Å². The third-order valence-corrected chi connectivity index (χ3v) is 3.24. The Labute approximate surface area is 115 Å². The standard InChI is InChI=1S/C15H24N2O2/c1-10(5-6-16)15(18)17-9-13-7-11(2)14(19-4)12(3)8-13/h7-8,10H,5-6,9,16H2,1-4H3,(H,17,18). The van der Waals surface area contributed by atoms with Crippen LogP contribution >= 0.6 is 0 Å². The van der Waals surface area contributed by atoms with Gasteiger partial charge in [0.25, 0.3) is 0 Å². The Bertz CT molecular complexity index is 421. The first-order chi connectivity index (χ1) is 8.99. The lowest BCUT2D eigenvalue weighted by Gasteiger charge is -2.14. The zero-order valence-corrected chi connectivity index (χ0v) is 12.2. The van der Waals surface area contributed by atoms with Crippen molar-refractivity contribution in [2.24, 2.45) is 11.7 Å². The molecule has 0 aromatic heterocycles. The summed E-state index contributed by atoms with van der Waals surface area (Å²) in [5, 5.41) is 2.94. The molecule has 4 nitrogen and oxygen atoms in total. The van der Waals surface area contributed by atoms with Gasteiger partial charge in [-0.3, -0.25) is 4.79 Å². The second-order valence-electron chi connectivity index (χ2n) is 4.96. The summed E-state index contributed by atoms with van der Waals surface area (Å²) in [4.78, 5) is 11.8. The fourth-order valence-corrected chi connectivity index (χ4v) is 2.21. The van der Waals surface area contributed by atoms with Gasteiger partial charge in [0.1, 0.15) is 5.75 Å². The average Bonchev–Trinajstić information content (AvgIpc) is 2.36. The number of aryl methyl sites for hydroxylation is 2. The predicted molar refractivity (Wildman–Crippen MR) is 77.2 cm³/mol. The summed E-state index contributed by atoms with van der Waals surface area (Å²) in [7, 11) is 1.67.